The highest BCUT2D eigenvalue weighted by Crippen LogP contribution is 2.21. The Morgan fingerprint density at radius 3 is 2.62 bits per heavy atom. The second-order valence-corrected chi connectivity index (χ2v) is 7.54. The minimum Gasteiger partial charge on any atom is -0.379 e. The Hall–Kier alpha value is -1.59. The Labute approximate surface area is 157 Å². The first-order chi connectivity index (χ1) is 12.6. The van der Waals surface area contributed by atoms with Crippen LogP contribution in [0.4, 0.5) is 5.69 Å². The molecule has 26 heavy (non-hydrogen) atoms. The van der Waals surface area contributed by atoms with Crippen molar-refractivity contribution in [3.05, 3.63) is 29.8 Å². The van der Waals surface area contributed by atoms with Crippen LogP contribution in [0.25, 0.3) is 0 Å². The van der Waals surface area contributed by atoms with Gasteiger partial charge in [0.05, 0.1) is 13.2 Å². The molecule has 5 heteroatoms. The third-order valence-corrected chi connectivity index (χ3v) is 5.75. The van der Waals surface area contributed by atoms with Gasteiger partial charge in [0.25, 0.3) is 0 Å². The number of anilines is 1. The van der Waals surface area contributed by atoms with Gasteiger partial charge in [-0.3, -0.25) is 9.69 Å². The molecule has 2 fully saturated rings. The fraction of sp³-hybridized carbons (Fsp3) is 0.667. The lowest BCUT2D eigenvalue weighted by Crippen LogP contribution is -2.43. The van der Waals surface area contributed by atoms with Gasteiger partial charge in [-0.1, -0.05) is 18.2 Å². The van der Waals surface area contributed by atoms with E-state index in [4.69, 9.17) is 4.74 Å². The molecule has 0 spiro atoms. The Morgan fingerprint density at radius 1 is 1.08 bits per heavy atom. The molecule has 0 radical (unpaired) electrons. The van der Waals surface area contributed by atoms with Gasteiger partial charge < -0.3 is 14.5 Å². The molecule has 1 amide bonds. The zero-order chi connectivity index (χ0) is 18.4. The Kier molecular flexibility index (Phi) is 6.92. The largest absolute Gasteiger partial charge is 0.379 e. The van der Waals surface area contributed by atoms with Crippen molar-refractivity contribution < 1.29 is 9.53 Å². The van der Waals surface area contributed by atoms with Gasteiger partial charge in [-0.2, -0.15) is 0 Å². The van der Waals surface area contributed by atoms with Crippen molar-refractivity contribution in [2.75, 3.05) is 57.4 Å². The van der Waals surface area contributed by atoms with Gasteiger partial charge in [-0.05, 0) is 38.3 Å². The lowest BCUT2D eigenvalue weighted by atomic mass is 10.1. The molecule has 2 saturated heterocycles. The minimum absolute atomic E-state index is 0.316. The van der Waals surface area contributed by atoms with Gasteiger partial charge in [0.2, 0.25) is 5.91 Å². The highest BCUT2D eigenvalue weighted by atomic mass is 16.5. The van der Waals surface area contributed by atoms with E-state index < -0.39 is 0 Å². The van der Waals surface area contributed by atoms with E-state index in [1.807, 2.05) is 0 Å². The summed E-state index contributed by atoms with van der Waals surface area (Å²) in [7, 11) is 0. The maximum absolute atomic E-state index is 12.7. The van der Waals surface area contributed by atoms with Crippen LogP contribution in [0, 0.1) is 6.92 Å². The zero-order valence-electron chi connectivity index (χ0n) is 16.3. The molecule has 0 N–H and O–H groups in total. The Morgan fingerprint density at radius 2 is 1.85 bits per heavy atom. The highest BCUT2D eigenvalue weighted by molar-refractivity contribution is 5.76. The van der Waals surface area contributed by atoms with E-state index in [2.05, 4.69) is 52.8 Å². The van der Waals surface area contributed by atoms with Crippen LogP contribution in [-0.4, -0.2) is 74.2 Å². The number of carbonyl (C=O) groups is 1. The number of amides is 1. The summed E-state index contributed by atoms with van der Waals surface area (Å²) in [6.07, 6.45) is 2.64. The number of morpholine rings is 1. The predicted molar refractivity (Wildman–Crippen MR) is 106 cm³/mol. The van der Waals surface area contributed by atoms with E-state index >= 15 is 0 Å². The molecule has 3 rings (SSSR count). The van der Waals surface area contributed by atoms with Crippen molar-refractivity contribution in [3.8, 4) is 0 Å². The average Bonchev–Trinajstić information content (AvgIpc) is 2.93. The summed E-state index contributed by atoms with van der Waals surface area (Å²) in [5, 5.41) is 0. The van der Waals surface area contributed by atoms with Crippen LogP contribution in [0.5, 0.6) is 0 Å². The van der Waals surface area contributed by atoms with Crippen molar-refractivity contribution in [2.24, 2.45) is 0 Å². The van der Waals surface area contributed by atoms with E-state index in [1.165, 1.54) is 11.3 Å². The Balaban J connectivity index is 1.47. The summed E-state index contributed by atoms with van der Waals surface area (Å²) in [5.41, 5.74) is 2.62. The fourth-order valence-electron chi connectivity index (χ4n) is 4.02. The standard InChI is InChI=1S/C21H33N3O2/c1-18-6-3-4-7-20(18)23-10-5-11-24(13-12-23)21(25)9-8-19(2)22-14-16-26-17-15-22/h3-4,6-7,19H,5,8-17H2,1-2H3/t19-/m0/s1. The molecule has 2 aliphatic heterocycles. The van der Waals surface area contributed by atoms with Crippen molar-refractivity contribution >= 4 is 11.6 Å². The molecule has 144 valence electrons. The van der Waals surface area contributed by atoms with Crippen molar-refractivity contribution in [1.82, 2.24) is 9.80 Å². The van der Waals surface area contributed by atoms with Gasteiger partial charge in [-0.25, -0.2) is 0 Å². The van der Waals surface area contributed by atoms with E-state index in [0.717, 1.165) is 65.3 Å². The number of aryl methyl sites for hydroxylation is 1. The molecule has 1 atom stereocenters. The number of para-hydroxylation sites is 1. The molecule has 0 aromatic heterocycles. The number of carbonyl (C=O) groups excluding carboxylic acids is 1. The zero-order valence-corrected chi connectivity index (χ0v) is 16.3. The second kappa shape index (κ2) is 9.38. The summed E-state index contributed by atoms with van der Waals surface area (Å²) in [6.45, 7) is 11.7. The molecule has 0 aliphatic carbocycles. The van der Waals surface area contributed by atoms with E-state index in [1.54, 1.807) is 0 Å². The average molecular weight is 360 g/mol. The molecular weight excluding hydrogens is 326 g/mol. The summed E-state index contributed by atoms with van der Waals surface area (Å²) in [4.78, 5) is 19.7. The first kappa shape index (κ1) is 19.2. The summed E-state index contributed by atoms with van der Waals surface area (Å²) in [6, 6.07) is 9.00. The first-order valence-electron chi connectivity index (χ1n) is 10.1. The lowest BCUT2D eigenvalue weighted by Gasteiger charge is -2.32. The van der Waals surface area contributed by atoms with Crippen LogP contribution < -0.4 is 4.90 Å². The van der Waals surface area contributed by atoms with Gasteiger partial charge in [0.1, 0.15) is 0 Å². The fourth-order valence-corrected chi connectivity index (χ4v) is 4.02. The topological polar surface area (TPSA) is 36.0 Å². The number of rotatable bonds is 5. The van der Waals surface area contributed by atoms with Crippen LogP contribution in [0.1, 0.15) is 31.7 Å². The molecule has 0 saturated carbocycles. The maximum Gasteiger partial charge on any atom is 0.222 e. The third-order valence-electron chi connectivity index (χ3n) is 5.75. The Bertz CT molecular complexity index is 586. The van der Waals surface area contributed by atoms with Crippen LogP contribution in [0.2, 0.25) is 0 Å². The van der Waals surface area contributed by atoms with Gasteiger partial charge >= 0.3 is 0 Å². The number of hydrogen-bond acceptors (Lipinski definition) is 4. The second-order valence-electron chi connectivity index (χ2n) is 7.54. The van der Waals surface area contributed by atoms with Gasteiger partial charge in [-0.15, -0.1) is 0 Å². The monoisotopic (exact) mass is 359 g/mol. The van der Waals surface area contributed by atoms with E-state index in [0.29, 0.717) is 18.4 Å². The molecule has 5 nitrogen and oxygen atoms in total. The van der Waals surface area contributed by atoms with Gasteiger partial charge in [0, 0.05) is 57.4 Å². The van der Waals surface area contributed by atoms with Gasteiger partial charge in [0.15, 0.2) is 0 Å². The van der Waals surface area contributed by atoms with Crippen molar-refractivity contribution in [3.63, 3.8) is 0 Å². The van der Waals surface area contributed by atoms with E-state index in [-0.39, 0.29) is 0 Å². The molecule has 1 aromatic rings. The first-order valence-corrected chi connectivity index (χ1v) is 10.1. The third kappa shape index (κ3) is 4.98. The summed E-state index contributed by atoms with van der Waals surface area (Å²) < 4.78 is 5.42. The molecular formula is C21H33N3O2. The maximum atomic E-state index is 12.7. The molecule has 0 unspecified atom stereocenters. The number of benzene rings is 1. The number of hydrogen-bond donors (Lipinski definition) is 0. The lowest BCUT2D eigenvalue weighted by molar-refractivity contribution is -0.131. The van der Waals surface area contributed by atoms with Crippen molar-refractivity contribution in [2.45, 2.75) is 39.2 Å². The molecule has 2 heterocycles. The smallest absolute Gasteiger partial charge is 0.222 e. The molecule has 2 aliphatic rings. The summed E-state index contributed by atoms with van der Waals surface area (Å²) in [5.74, 6) is 0.316. The van der Waals surface area contributed by atoms with Crippen LogP contribution in [0.15, 0.2) is 24.3 Å². The predicted octanol–water partition coefficient (Wildman–Crippen LogP) is 2.53. The minimum atomic E-state index is 0.316. The summed E-state index contributed by atoms with van der Waals surface area (Å²) >= 11 is 0. The molecule has 0 bridgehead atoms. The quantitative estimate of drug-likeness (QED) is 0.809. The number of nitrogens with zero attached hydrogens (tertiary/aromatic N) is 3. The number of ether oxygens (including phenoxy) is 1. The van der Waals surface area contributed by atoms with Crippen LogP contribution in [-0.2, 0) is 9.53 Å². The SMILES string of the molecule is Cc1ccccc1N1CCCN(C(=O)CC[C@H](C)N2CCOCC2)CC1. The van der Waals surface area contributed by atoms with Crippen molar-refractivity contribution in [1.29, 1.82) is 0 Å². The molecule has 1 aromatic carbocycles. The normalized spacial score (nSPS) is 20.7. The van der Waals surface area contributed by atoms with E-state index in [9.17, 15) is 4.79 Å². The van der Waals surface area contributed by atoms with Crippen LogP contribution >= 0.6 is 0 Å². The van der Waals surface area contributed by atoms with Crippen LogP contribution in [0.3, 0.4) is 0 Å². The highest BCUT2D eigenvalue weighted by Gasteiger charge is 2.22.